The number of carbonyl (C=O) groups is 5. The van der Waals surface area contributed by atoms with Gasteiger partial charge in [0.25, 0.3) is 0 Å². The lowest BCUT2D eigenvalue weighted by Gasteiger charge is -2.26. The lowest BCUT2D eigenvalue weighted by molar-refractivity contribution is -0.143. The van der Waals surface area contributed by atoms with Crippen LogP contribution in [0.5, 0.6) is 0 Å². The second kappa shape index (κ2) is 11.6. The Hall–Kier alpha value is -2.34. The number of aliphatic carboxylic acids is 2. The topological polar surface area (TPSA) is 174 Å². The smallest absolute Gasteiger partial charge is 0.327 e. The van der Waals surface area contributed by atoms with Crippen LogP contribution in [0.1, 0.15) is 33.1 Å². The summed E-state index contributed by atoms with van der Waals surface area (Å²) < 4.78 is 0. The van der Waals surface area contributed by atoms with Crippen molar-refractivity contribution in [3.63, 3.8) is 0 Å². The first-order valence-corrected chi connectivity index (χ1v) is 9.90. The molecule has 0 aromatic carbocycles. The van der Waals surface area contributed by atoms with Crippen molar-refractivity contribution in [2.24, 2.45) is 5.92 Å². The number of nitrogens with one attached hydrogen (secondary N) is 4. The van der Waals surface area contributed by atoms with Gasteiger partial charge in [-0.2, -0.15) is 12.6 Å². The van der Waals surface area contributed by atoms with Gasteiger partial charge in [-0.1, -0.05) is 13.8 Å². The van der Waals surface area contributed by atoms with E-state index < -0.39 is 54.3 Å². The first kappa shape index (κ1) is 24.7. The van der Waals surface area contributed by atoms with Crippen LogP contribution >= 0.6 is 12.6 Å². The molecule has 1 aliphatic rings. The van der Waals surface area contributed by atoms with Crippen LogP contribution in [0.3, 0.4) is 0 Å². The molecule has 12 heteroatoms. The van der Waals surface area contributed by atoms with Crippen molar-refractivity contribution in [2.75, 3.05) is 12.3 Å². The Morgan fingerprint density at radius 3 is 2.10 bits per heavy atom. The van der Waals surface area contributed by atoms with Crippen molar-refractivity contribution in [1.82, 2.24) is 21.3 Å². The Kier molecular flexibility index (Phi) is 9.89. The zero-order chi connectivity index (χ0) is 22.1. The molecule has 1 saturated heterocycles. The van der Waals surface area contributed by atoms with Crippen molar-refractivity contribution in [1.29, 1.82) is 0 Å². The molecule has 0 bridgehead atoms. The molecule has 1 rings (SSSR count). The number of rotatable bonds is 11. The van der Waals surface area contributed by atoms with Crippen LogP contribution in [-0.2, 0) is 24.0 Å². The molecule has 4 atom stereocenters. The quantitative estimate of drug-likeness (QED) is 0.190. The molecule has 0 spiro atoms. The number of hydrogen-bond donors (Lipinski definition) is 7. The predicted octanol–water partition coefficient (Wildman–Crippen LogP) is -1.66. The normalized spacial score (nSPS) is 19.1. The van der Waals surface area contributed by atoms with Crippen LogP contribution in [0, 0.1) is 5.92 Å². The fraction of sp³-hybridized carbons (Fsp3) is 0.706. The van der Waals surface area contributed by atoms with Gasteiger partial charge in [0.05, 0.1) is 12.5 Å². The Bertz CT molecular complexity index is 637. The van der Waals surface area contributed by atoms with Crippen LogP contribution < -0.4 is 21.3 Å². The van der Waals surface area contributed by atoms with E-state index >= 15 is 0 Å². The highest BCUT2D eigenvalue weighted by atomic mass is 32.1. The average molecular weight is 432 g/mol. The van der Waals surface area contributed by atoms with Gasteiger partial charge in [-0.25, -0.2) is 4.79 Å². The summed E-state index contributed by atoms with van der Waals surface area (Å²) >= 11 is 3.82. The van der Waals surface area contributed by atoms with E-state index in [4.69, 9.17) is 10.2 Å². The molecule has 3 amide bonds. The van der Waals surface area contributed by atoms with Crippen LogP contribution in [0.15, 0.2) is 0 Å². The predicted molar refractivity (Wildman–Crippen MR) is 105 cm³/mol. The van der Waals surface area contributed by atoms with Crippen molar-refractivity contribution in [3.8, 4) is 0 Å². The molecule has 1 fully saturated rings. The maximum atomic E-state index is 12.7. The number of thiol groups is 1. The van der Waals surface area contributed by atoms with Gasteiger partial charge in [-0.3, -0.25) is 19.2 Å². The van der Waals surface area contributed by atoms with Crippen molar-refractivity contribution >= 4 is 42.3 Å². The van der Waals surface area contributed by atoms with Gasteiger partial charge in [0.1, 0.15) is 18.1 Å². The minimum Gasteiger partial charge on any atom is -0.481 e. The molecule has 0 aliphatic carbocycles. The standard InChI is InChI=1S/C17H28N4O7S/c1-8(2)13(21-14(24)9-4-3-5-18-9)16(26)19-10(6-12(22)23)15(25)20-11(7-29)17(27)28/h8-11,13,18,29H,3-7H2,1-2H3,(H,19,26)(H,20,25)(H,21,24)(H,22,23)(H,27,28). The number of carbonyl (C=O) groups excluding carboxylic acids is 3. The summed E-state index contributed by atoms with van der Waals surface area (Å²) in [6.07, 6.45) is 0.732. The fourth-order valence-electron chi connectivity index (χ4n) is 2.80. The third-order valence-electron chi connectivity index (χ3n) is 4.43. The molecule has 1 aliphatic heterocycles. The lowest BCUT2D eigenvalue weighted by Crippen LogP contribution is -2.58. The maximum Gasteiger partial charge on any atom is 0.327 e. The highest BCUT2D eigenvalue weighted by Crippen LogP contribution is 2.09. The highest BCUT2D eigenvalue weighted by molar-refractivity contribution is 7.80. The van der Waals surface area contributed by atoms with Crippen molar-refractivity contribution in [2.45, 2.75) is 57.3 Å². The van der Waals surface area contributed by atoms with Gasteiger partial charge in [0.15, 0.2) is 0 Å². The minimum atomic E-state index is -1.51. The van der Waals surface area contributed by atoms with E-state index in [2.05, 4.69) is 33.9 Å². The van der Waals surface area contributed by atoms with Gasteiger partial charge in [0.2, 0.25) is 17.7 Å². The molecule has 0 aromatic rings. The van der Waals surface area contributed by atoms with Crippen LogP contribution in [0.4, 0.5) is 0 Å². The summed E-state index contributed by atoms with van der Waals surface area (Å²) in [6.45, 7) is 4.09. The van der Waals surface area contributed by atoms with Gasteiger partial charge in [0, 0.05) is 5.75 Å². The average Bonchev–Trinajstić information content (AvgIpc) is 3.16. The first-order chi connectivity index (χ1) is 13.6. The summed E-state index contributed by atoms with van der Waals surface area (Å²) in [5.41, 5.74) is 0. The van der Waals surface area contributed by atoms with E-state index in [9.17, 15) is 24.0 Å². The van der Waals surface area contributed by atoms with Crippen LogP contribution in [-0.4, -0.2) is 76.3 Å². The number of hydrogen-bond acceptors (Lipinski definition) is 7. The second-order valence-electron chi connectivity index (χ2n) is 7.12. The molecule has 6 N–H and O–H groups in total. The number of carboxylic acid groups (broad SMARTS) is 2. The molecule has 0 aromatic heterocycles. The lowest BCUT2D eigenvalue weighted by atomic mass is 10.0. The van der Waals surface area contributed by atoms with Crippen LogP contribution in [0.2, 0.25) is 0 Å². The maximum absolute atomic E-state index is 12.7. The zero-order valence-corrected chi connectivity index (χ0v) is 17.2. The second-order valence-corrected chi connectivity index (χ2v) is 7.49. The van der Waals surface area contributed by atoms with E-state index in [-0.39, 0.29) is 17.6 Å². The largest absolute Gasteiger partial charge is 0.481 e. The van der Waals surface area contributed by atoms with Gasteiger partial charge in [-0.15, -0.1) is 0 Å². The minimum absolute atomic E-state index is 0.214. The summed E-state index contributed by atoms with van der Waals surface area (Å²) in [5.74, 6) is -5.30. The SMILES string of the molecule is CC(C)C(NC(=O)C1CCCN1)C(=O)NC(CC(=O)O)C(=O)NC(CS)C(=O)O. The van der Waals surface area contributed by atoms with E-state index in [0.717, 1.165) is 6.42 Å². The molecular formula is C17H28N4O7S. The third-order valence-corrected chi connectivity index (χ3v) is 4.80. The Balaban J connectivity index is 2.86. The van der Waals surface area contributed by atoms with Gasteiger partial charge >= 0.3 is 11.9 Å². The highest BCUT2D eigenvalue weighted by Gasteiger charge is 2.33. The third kappa shape index (κ3) is 7.89. The van der Waals surface area contributed by atoms with Crippen LogP contribution in [0.25, 0.3) is 0 Å². The first-order valence-electron chi connectivity index (χ1n) is 9.26. The molecular weight excluding hydrogens is 404 g/mol. The summed E-state index contributed by atoms with van der Waals surface area (Å²) in [6, 6.07) is -4.25. The van der Waals surface area contributed by atoms with Gasteiger partial charge < -0.3 is 31.5 Å². The van der Waals surface area contributed by atoms with Crippen molar-refractivity contribution in [3.05, 3.63) is 0 Å². The number of carboxylic acids is 2. The van der Waals surface area contributed by atoms with E-state index in [1.54, 1.807) is 13.8 Å². The molecule has 29 heavy (non-hydrogen) atoms. The Labute approximate surface area is 173 Å². The molecule has 4 unspecified atom stereocenters. The summed E-state index contributed by atoms with van der Waals surface area (Å²) in [4.78, 5) is 59.5. The molecule has 164 valence electrons. The fourth-order valence-corrected chi connectivity index (χ4v) is 3.05. The van der Waals surface area contributed by atoms with Gasteiger partial charge in [-0.05, 0) is 25.3 Å². The molecule has 0 saturated carbocycles. The summed E-state index contributed by atoms with van der Waals surface area (Å²) in [7, 11) is 0. The molecule has 1 heterocycles. The molecule has 11 nitrogen and oxygen atoms in total. The van der Waals surface area contributed by atoms with E-state index in [0.29, 0.717) is 13.0 Å². The number of amides is 3. The summed E-state index contributed by atoms with van der Waals surface area (Å²) in [5, 5.41) is 28.1. The van der Waals surface area contributed by atoms with E-state index in [1.165, 1.54) is 0 Å². The molecule has 0 radical (unpaired) electrons. The van der Waals surface area contributed by atoms with E-state index in [1.807, 2.05) is 0 Å². The Morgan fingerprint density at radius 2 is 1.66 bits per heavy atom. The Morgan fingerprint density at radius 1 is 1.03 bits per heavy atom. The van der Waals surface area contributed by atoms with Crippen molar-refractivity contribution < 1.29 is 34.2 Å². The monoisotopic (exact) mass is 432 g/mol. The zero-order valence-electron chi connectivity index (χ0n) is 16.3.